The Balaban J connectivity index is 2.44. The fourth-order valence-corrected chi connectivity index (χ4v) is 1.41. The normalized spacial score (nSPS) is 10.5. The summed E-state index contributed by atoms with van der Waals surface area (Å²) < 4.78 is 5.19. The molecule has 15 heavy (non-hydrogen) atoms. The summed E-state index contributed by atoms with van der Waals surface area (Å²) in [7, 11) is 0. The van der Waals surface area contributed by atoms with E-state index in [2.05, 4.69) is 9.97 Å². The van der Waals surface area contributed by atoms with Gasteiger partial charge in [-0.05, 0) is 18.6 Å². The monoisotopic (exact) mass is 204 g/mol. The second-order valence-corrected chi connectivity index (χ2v) is 3.30. The molecule has 0 saturated carbocycles. The number of furan rings is 1. The Morgan fingerprint density at radius 1 is 1.53 bits per heavy atom. The number of rotatable bonds is 3. The second kappa shape index (κ2) is 4.13. The van der Waals surface area contributed by atoms with Crippen molar-refractivity contribution in [3.05, 3.63) is 40.6 Å². The largest absolute Gasteiger partial charge is 0.463 e. The topological polar surface area (TPSA) is 58.9 Å². The van der Waals surface area contributed by atoms with Gasteiger partial charge in [0.1, 0.15) is 11.5 Å². The van der Waals surface area contributed by atoms with Gasteiger partial charge >= 0.3 is 0 Å². The number of aromatic amines is 1. The van der Waals surface area contributed by atoms with Gasteiger partial charge in [0.25, 0.3) is 5.56 Å². The first-order valence-electron chi connectivity index (χ1n) is 4.93. The molecule has 4 heteroatoms. The third kappa shape index (κ3) is 2.15. The van der Waals surface area contributed by atoms with Crippen LogP contribution in [0.15, 0.2) is 33.7 Å². The van der Waals surface area contributed by atoms with Crippen molar-refractivity contribution in [1.82, 2.24) is 9.97 Å². The smallest absolute Gasteiger partial charge is 0.251 e. The Hall–Kier alpha value is -1.84. The Bertz CT molecular complexity index is 486. The average molecular weight is 204 g/mol. The summed E-state index contributed by atoms with van der Waals surface area (Å²) in [5.74, 6) is 1.33. The standard InChI is InChI=1S/C11H12N2O2/c1-2-4-10-12-8(7-11(14)13-10)9-5-3-6-15-9/h3,5-7H,2,4H2,1H3,(H,12,13,14). The minimum atomic E-state index is -0.139. The fourth-order valence-electron chi connectivity index (χ4n) is 1.41. The highest BCUT2D eigenvalue weighted by Gasteiger charge is 2.05. The Kier molecular flexibility index (Phi) is 2.67. The zero-order chi connectivity index (χ0) is 10.7. The molecule has 0 fully saturated rings. The van der Waals surface area contributed by atoms with Crippen LogP contribution >= 0.6 is 0 Å². The summed E-state index contributed by atoms with van der Waals surface area (Å²) in [5.41, 5.74) is 0.451. The van der Waals surface area contributed by atoms with Crippen molar-refractivity contribution in [1.29, 1.82) is 0 Å². The zero-order valence-corrected chi connectivity index (χ0v) is 8.49. The third-order valence-corrected chi connectivity index (χ3v) is 2.05. The molecule has 0 aromatic carbocycles. The van der Waals surface area contributed by atoms with Crippen LogP contribution in [0.5, 0.6) is 0 Å². The maximum Gasteiger partial charge on any atom is 0.251 e. The maximum atomic E-state index is 11.3. The van der Waals surface area contributed by atoms with Gasteiger partial charge < -0.3 is 9.40 Å². The molecule has 0 aliphatic heterocycles. The number of nitrogens with one attached hydrogen (secondary N) is 1. The van der Waals surface area contributed by atoms with Gasteiger partial charge in [0.05, 0.1) is 6.26 Å². The van der Waals surface area contributed by atoms with E-state index in [-0.39, 0.29) is 5.56 Å². The van der Waals surface area contributed by atoms with E-state index in [1.807, 2.05) is 6.92 Å². The van der Waals surface area contributed by atoms with Crippen LogP contribution in [0, 0.1) is 0 Å². The third-order valence-electron chi connectivity index (χ3n) is 2.05. The maximum absolute atomic E-state index is 11.3. The molecule has 0 spiro atoms. The predicted octanol–water partition coefficient (Wildman–Crippen LogP) is 1.98. The van der Waals surface area contributed by atoms with Crippen molar-refractivity contribution in [3.8, 4) is 11.5 Å². The van der Waals surface area contributed by atoms with Crippen molar-refractivity contribution in [3.63, 3.8) is 0 Å². The molecule has 78 valence electrons. The van der Waals surface area contributed by atoms with Crippen LogP contribution in [0.3, 0.4) is 0 Å². The Labute approximate surface area is 87.0 Å². The Morgan fingerprint density at radius 3 is 3.07 bits per heavy atom. The first-order chi connectivity index (χ1) is 7.29. The molecule has 0 aliphatic rings. The highest BCUT2D eigenvalue weighted by Crippen LogP contribution is 2.15. The first kappa shape index (κ1) is 9.71. The van der Waals surface area contributed by atoms with Crippen LogP contribution in [0.2, 0.25) is 0 Å². The van der Waals surface area contributed by atoms with E-state index in [0.717, 1.165) is 12.8 Å². The van der Waals surface area contributed by atoms with E-state index in [1.54, 1.807) is 18.4 Å². The highest BCUT2D eigenvalue weighted by atomic mass is 16.3. The van der Waals surface area contributed by atoms with Crippen molar-refractivity contribution in [2.45, 2.75) is 19.8 Å². The number of aryl methyl sites for hydroxylation is 1. The lowest BCUT2D eigenvalue weighted by molar-refractivity contribution is 0.579. The van der Waals surface area contributed by atoms with Gasteiger partial charge in [-0.3, -0.25) is 4.79 Å². The predicted molar refractivity (Wildman–Crippen MR) is 56.6 cm³/mol. The van der Waals surface area contributed by atoms with Gasteiger partial charge in [-0.25, -0.2) is 4.98 Å². The number of hydrogen-bond acceptors (Lipinski definition) is 3. The minimum absolute atomic E-state index is 0.139. The molecule has 2 aromatic rings. The summed E-state index contributed by atoms with van der Waals surface area (Å²) in [6, 6.07) is 5.01. The summed E-state index contributed by atoms with van der Waals surface area (Å²) in [6.07, 6.45) is 3.28. The number of H-pyrrole nitrogens is 1. The van der Waals surface area contributed by atoms with Gasteiger partial charge in [0.15, 0.2) is 5.76 Å². The van der Waals surface area contributed by atoms with Crippen LogP contribution in [0.4, 0.5) is 0 Å². The molecule has 1 N–H and O–H groups in total. The number of nitrogens with zero attached hydrogens (tertiary/aromatic N) is 1. The summed E-state index contributed by atoms with van der Waals surface area (Å²) in [6.45, 7) is 2.04. The molecule has 0 bridgehead atoms. The van der Waals surface area contributed by atoms with E-state index in [0.29, 0.717) is 17.3 Å². The summed E-state index contributed by atoms with van der Waals surface area (Å²) in [5, 5.41) is 0. The Morgan fingerprint density at radius 2 is 2.40 bits per heavy atom. The van der Waals surface area contributed by atoms with Crippen molar-refractivity contribution in [2.75, 3.05) is 0 Å². The van der Waals surface area contributed by atoms with Crippen LogP contribution < -0.4 is 5.56 Å². The lowest BCUT2D eigenvalue weighted by Crippen LogP contribution is -2.10. The van der Waals surface area contributed by atoms with Gasteiger partial charge in [-0.1, -0.05) is 6.92 Å². The molecule has 2 aromatic heterocycles. The molecule has 0 saturated heterocycles. The fraction of sp³-hybridized carbons (Fsp3) is 0.273. The van der Waals surface area contributed by atoms with Crippen molar-refractivity contribution < 1.29 is 4.42 Å². The lowest BCUT2D eigenvalue weighted by atomic mass is 10.3. The second-order valence-electron chi connectivity index (χ2n) is 3.30. The van der Waals surface area contributed by atoms with Gasteiger partial charge in [-0.2, -0.15) is 0 Å². The molecular weight excluding hydrogens is 192 g/mol. The highest BCUT2D eigenvalue weighted by molar-refractivity contribution is 5.50. The van der Waals surface area contributed by atoms with E-state index >= 15 is 0 Å². The average Bonchev–Trinajstić information content (AvgIpc) is 2.70. The van der Waals surface area contributed by atoms with Crippen LogP contribution in [0.1, 0.15) is 19.2 Å². The van der Waals surface area contributed by atoms with E-state index in [4.69, 9.17) is 4.42 Å². The van der Waals surface area contributed by atoms with Gasteiger partial charge in [0.2, 0.25) is 0 Å². The number of hydrogen-bond donors (Lipinski definition) is 1. The van der Waals surface area contributed by atoms with E-state index in [9.17, 15) is 4.79 Å². The molecule has 2 rings (SSSR count). The lowest BCUT2D eigenvalue weighted by Gasteiger charge is -2.00. The van der Waals surface area contributed by atoms with E-state index in [1.165, 1.54) is 6.07 Å². The van der Waals surface area contributed by atoms with Gasteiger partial charge in [0, 0.05) is 12.5 Å². The summed E-state index contributed by atoms with van der Waals surface area (Å²) >= 11 is 0. The quantitative estimate of drug-likeness (QED) is 0.831. The molecule has 0 atom stereocenters. The molecule has 4 nitrogen and oxygen atoms in total. The molecule has 0 radical (unpaired) electrons. The molecule has 0 amide bonds. The number of aromatic nitrogens is 2. The van der Waals surface area contributed by atoms with Crippen LogP contribution in [-0.4, -0.2) is 9.97 Å². The van der Waals surface area contributed by atoms with Crippen LogP contribution in [0.25, 0.3) is 11.5 Å². The minimum Gasteiger partial charge on any atom is -0.463 e. The molecule has 0 unspecified atom stereocenters. The molecule has 0 aliphatic carbocycles. The van der Waals surface area contributed by atoms with Crippen molar-refractivity contribution in [2.24, 2.45) is 0 Å². The molecular formula is C11H12N2O2. The zero-order valence-electron chi connectivity index (χ0n) is 8.49. The summed E-state index contributed by atoms with van der Waals surface area (Å²) in [4.78, 5) is 18.4. The first-order valence-corrected chi connectivity index (χ1v) is 4.93. The van der Waals surface area contributed by atoms with Crippen molar-refractivity contribution >= 4 is 0 Å². The SMILES string of the molecule is CCCc1nc(-c2ccco2)cc(=O)[nH]1. The van der Waals surface area contributed by atoms with Gasteiger partial charge in [-0.15, -0.1) is 0 Å². The molecule has 2 heterocycles. The van der Waals surface area contributed by atoms with Crippen LogP contribution in [-0.2, 0) is 6.42 Å². The van der Waals surface area contributed by atoms with E-state index < -0.39 is 0 Å².